The van der Waals surface area contributed by atoms with Crippen molar-refractivity contribution in [2.24, 2.45) is 9.50 Å². The number of nitrogens with zero attached hydrogens (tertiary/aromatic N) is 3. The van der Waals surface area contributed by atoms with Crippen LogP contribution in [0.5, 0.6) is 0 Å². The lowest BCUT2D eigenvalue weighted by atomic mass is 10.3. The van der Waals surface area contributed by atoms with Gasteiger partial charge in [-0.25, -0.2) is 0 Å². The van der Waals surface area contributed by atoms with Crippen molar-refractivity contribution < 1.29 is 26.3 Å². The van der Waals surface area contributed by atoms with E-state index in [4.69, 9.17) is 4.74 Å². The maximum Gasteiger partial charge on any atom is 0.518 e. The Bertz CT molecular complexity index is 829. The molecule has 0 saturated carbocycles. The standard InChI is InChI=1S/C15H14F3N3O3S/c1-2-13-20-21(12-8-4-3-5-9-12)14(24-13)10-6-7-11-19-25(22,23)15(16,17)18/h3-11H,2H2,1H3/b7-6+,14-10+,19-11+. The topological polar surface area (TPSA) is 71.3 Å². The number of hydrogen-bond acceptors (Lipinski definition) is 5. The number of rotatable bonds is 5. The molecular formula is C15H14F3N3O3S. The van der Waals surface area contributed by atoms with Crippen LogP contribution in [-0.4, -0.2) is 26.0 Å². The summed E-state index contributed by atoms with van der Waals surface area (Å²) < 4.78 is 66.0. The first-order valence-corrected chi connectivity index (χ1v) is 8.52. The van der Waals surface area contributed by atoms with Crippen molar-refractivity contribution in [3.05, 3.63) is 54.4 Å². The van der Waals surface area contributed by atoms with Crippen LogP contribution in [0.25, 0.3) is 0 Å². The fraction of sp³-hybridized carbons (Fsp3) is 0.200. The third-order valence-corrected chi connectivity index (χ3v) is 3.86. The molecule has 0 saturated heterocycles. The summed E-state index contributed by atoms with van der Waals surface area (Å²) in [7, 11) is -5.53. The smallest absolute Gasteiger partial charge is 0.423 e. The third kappa shape index (κ3) is 4.69. The molecule has 1 heterocycles. The predicted octanol–water partition coefficient (Wildman–Crippen LogP) is 3.56. The molecule has 6 nitrogen and oxygen atoms in total. The van der Waals surface area contributed by atoms with Crippen molar-refractivity contribution in [1.29, 1.82) is 0 Å². The quantitative estimate of drug-likeness (QED) is 0.740. The van der Waals surface area contributed by atoms with Gasteiger partial charge in [0.05, 0.1) is 5.69 Å². The van der Waals surface area contributed by atoms with Gasteiger partial charge in [0.2, 0.25) is 11.8 Å². The zero-order chi connectivity index (χ0) is 18.5. The minimum atomic E-state index is -5.53. The van der Waals surface area contributed by atoms with Crippen LogP contribution in [0, 0.1) is 0 Å². The van der Waals surface area contributed by atoms with Gasteiger partial charge in [0.25, 0.3) is 0 Å². The van der Waals surface area contributed by atoms with Gasteiger partial charge in [-0.2, -0.15) is 31.0 Å². The fourth-order valence-corrected chi connectivity index (χ4v) is 2.06. The molecule has 0 atom stereocenters. The van der Waals surface area contributed by atoms with Crippen LogP contribution in [0.15, 0.2) is 63.9 Å². The molecule has 10 heteroatoms. The lowest BCUT2D eigenvalue weighted by Gasteiger charge is -2.13. The van der Waals surface area contributed by atoms with E-state index < -0.39 is 15.5 Å². The first kappa shape index (κ1) is 18.7. The van der Waals surface area contributed by atoms with E-state index in [9.17, 15) is 21.6 Å². The van der Waals surface area contributed by atoms with Gasteiger partial charge in [-0.05, 0) is 18.2 Å². The normalized spacial score (nSPS) is 17.5. The minimum absolute atomic E-state index is 0.325. The van der Waals surface area contributed by atoms with E-state index >= 15 is 0 Å². The van der Waals surface area contributed by atoms with Gasteiger partial charge in [-0.3, -0.25) is 0 Å². The van der Waals surface area contributed by atoms with Gasteiger partial charge < -0.3 is 4.74 Å². The summed E-state index contributed by atoms with van der Waals surface area (Å²) in [5, 5.41) is 5.80. The highest BCUT2D eigenvalue weighted by molar-refractivity contribution is 7.91. The summed E-state index contributed by atoms with van der Waals surface area (Å²) in [5.74, 6) is 0.795. The molecule has 1 aromatic rings. The Labute approximate surface area is 142 Å². The number of ether oxygens (including phenoxy) is 1. The Hall–Kier alpha value is -2.62. The maximum atomic E-state index is 12.1. The summed E-state index contributed by atoms with van der Waals surface area (Å²) in [4.78, 5) is 0. The molecule has 0 radical (unpaired) electrons. The largest absolute Gasteiger partial charge is 0.518 e. The summed E-state index contributed by atoms with van der Waals surface area (Å²) in [6.45, 7) is 1.86. The molecule has 0 spiro atoms. The van der Waals surface area contributed by atoms with Crippen molar-refractivity contribution in [2.45, 2.75) is 18.9 Å². The molecule has 1 aliphatic heterocycles. The van der Waals surface area contributed by atoms with Gasteiger partial charge in [0, 0.05) is 18.7 Å². The Morgan fingerprint density at radius 1 is 1.24 bits per heavy atom. The van der Waals surface area contributed by atoms with Gasteiger partial charge in [-0.1, -0.05) is 31.2 Å². The van der Waals surface area contributed by atoms with Crippen LogP contribution in [0.2, 0.25) is 0 Å². The molecule has 0 fully saturated rings. The monoisotopic (exact) mass is 373 g/mol. The van der Waals surface area contributed by atoms with Gasteiger partial charge in [0.15, 0.2) is 0 Å². The van der Waals surface area contributed by atoms with Crippen LogP contribution in [-0.2, 0) is 14.8 Å². The number of para-hydroxylation sites is 1. The lowest BCUT2D eigenvalue weighted by molar-refractivity contribution is -0.0435. The second-order valence-electron chi connectivity index (χ2n) is 4.66. The predicted molar refractivity (Wildman–Crippen MR) is 88.4 cm³/mol. The number of benzene rings is 1. The van der Waals surface area contributed by atoms with Gasteiger partial charge in [-0.15, -0.1) is 5.10 Å². The second-order valence-corrected chi connectivity index (χ2v) is 6.29. The number of hydrazone groups is 1. The summed E-state index contributed by atoms with van der Waals surface area (Å²) in [5.41, 5.74) is -4.68. The van der Waals surface area contributed by atoms with E-state index in [-0.39, 0.29) is 0 Å². The fourth-order valence-electron chi connectivity index (χ4n) is 1.71. The SMILES string of the molecule is CCC1=NN(c2ccccc2)\C(=C/C=C/C=N/S(=O)(=O)C(F)(F)F)O1. The molecule has 0 unspecified atom stereocenters. The Balaban J connectivity index is 2.14. The zero-order valence-corrected chi connectivity index (χ0v) is 13.8. The van der Waals surface area contributed by atoms with Crippen LogP contribution in [0.3, 0.4) is 0 Å². The summed E-state index contributed by atoms with van der Waals surface area (Å²) >= 11 is 0. The van der Waals surface area contributed by atoms with Crippen LogP contribution < -0.4 is 5.01 Å². The van der Waals surface area contributed by atoms with Crippen molar-refractivity contribution in [2.75, 3.05) is 5.01 Å². The molecule has 0 amide bonds. The Morgan fingerprint density at radius 3 is 2.52 bits per heavy atom. The van der Waals surface area contributed by atoms with Crippen molar-refractivity contribution in [3.63, 3.8) is 0 Å². The molecule has 1 aliphatic rings. The third-order valence-electron chi connectivity index (χ3n) is 2.87. The highest BCUT2D eigenvalue weighted by Crippen LogP contribution is 2.26. The first-order valence-electron chi connectivity index (χ1n) is 7.08. The van der Waals surface area contributed by atoms with Crippen LogP contribution in [0.1, 0.15) is 13.3 Å². The van der Waals surface area contributed by atoms with E-state index in [1.807, 2.05) is 25.1 Å². The van der Waals surface area contributed by atoms with Crippen molar-refractivity contribution >= 4 is 27.8 Å². The number of halogens is 3. The number of hydrogen-bond donors (Lipinski definition) is 0. The molecule has 25 heavy (non-hydrogen) atoms. The number of sulfonamides is 1. The lowest BCUT2D eigenvalue weighted by Crippen LogP contribution is -2.20. The highest BCUT2D eigenvalue weighted by atomic mass is 32.2. The molecule has 0 N–H and O–H groups in total. The maximum absolute atomic E-state index is 12.1. The zero-order valence-electron chi connectivity index (χ0n) is 13.0. The molecule has 2 rings (SSSR count). The molecule has 1 aromatic carbocycles. The number of anilines is 1. The molecule has 134 valence electrons. The van der Waals surface area contributed by atoms with Gasteiger partial charge in [0.1, 0.15) is 0 Å². The first-order chi connectivity index (χ1) is 11.7. The van der Waals surface area contributed by atoms with E-state index in [2.05, 4.69) is 9.50 Å². The summed E-state index contributed by atoms with van der Waals surface area (Å²) in [6, 6.07) is 9.08. The van der Waals surface area contributed by atoms with Gasteiger partial charge >= 0.3 is 15.5 Å². The average molecular weight is 373 g/mol. The Morgan fingerprint density at radius 2 is 1.92 bits per heavy atom. The van der Waals surface area contributed by atoms with Crippen molar-refractivity contribution in [1.82, 2.24) is 0 Å². The van der Waals surface area contributed by atoms with Crippen molar-refractivity contribution in [3.8, 4) is 0 Å². The highest BCUT2D eigenvalue weighted by Gasteiger charge is 2.45. The van der Waals surface area contributed by atoms with E-state index in [0.717, 1.165) is 11.8 Å². The molecule has 0 bridgehead atoms. The van der Waals surface area contributed by atoms with Crippen LogP contribution in [0.4, 0.5) is 18.9 Å². The number of alkyl halides is 3. The average Bonchev–Trinajstić information content (AvgIpc) is 2.97. The minimum Gasteiger partial charge on any atom is -0.423 e. The summed E-state index contributed by atoms with van der Waals surface area (Å²) in [6.07, 6.45) is 4.88. The van der Waals surface area contributed by atoms with E-state index in [1.165, 1.54) is 17.2 Å². The number of allylic oxidation sites excluding steroid dienone is 3. The van der Waals surface area contributed by atoms with E-state index in [0.29, 0.717) is 24.4 Å². The Kier molecular flexibility index (Phi) is 5.62. The molecule has 0 aromatic heterocycles. The van der Waals surface area contributed by atoms with E-state index in [1.54, 1.807) is 12.1 Å². The second kappa shape index (κ2) is 7.51. The molecular weight excluding hydrogens is 359 g/mol. The molecule has 0 aliphatic carbocycles. The van der Waals surface area contributed by atoms with Crippen LogP contribution >= 0.6 is 0 Å².